The van der Waals surface area contributed by atoms with Crippen LogP contribution in [0.2, 0.25) is 0 Å². The number of aryl methyl sites for hydroxylation is 1. The van der Waals surface area contributed by atoms with E-state index in [1.54, 1.807) is 33.9 Å². The molecule has 0 aliphatic carbocycles. The standard InChI is InChI=1S/C35H44F3N5O6S/c1-34(2,3)49-33(46)43-14-10-24(11-15-43)35(37,38)27-9-7-8-23(28(27)36)21-39-30-26-20-25(22-12-18-50(47)19-13-22)32(45)42(4)29(26)31(41-40-30)48-17-6-5-16-44/h7-9,16,20,22,24H,5-6,10-15,17-19,21H2,1-4H3,(H,39,40). The molecule has 2 aromatic heterocycles. The van der Waals surface area contributed by atoms with Gasteiger partial charge in [-0.1, -0.05) is 18.2 Å². The fourth-order valence-electron chi connectivity index (χ4n) is 6.48. The first kappa shape index (κ1) is 37.3. The molecule has 2 aliphatic rings. The van der Waals surface area contributed by atoms with E-state index >= 15 is 13.2 Å². The predicted octanol–water partition coefficient (Wildman–Crippen LogP) is 5.80. The molecule has 3 aromatic rings. The number of rotatable bonds is 11. The van der Waals surface area contributed by atoms with Crippen LogP contribution >= 0.6 is 0 Å². The predicted molar refractivity (Wildman–Crippen MR) is 184 cm³/mol. The number of nitrogens with one attached hydrogen (secondary N) is 1. The lowest BCUT2D eigenvalue weighted by molar-refractivity contribution is -0.108. The molecule has 15 heteroatoms. The van der Waals surface area contributed by atoms with E-state index in [9.17, 15) is 18.6 Å². The lowest BCUT2D eigenvalue weighted by atomic mass is 9.85. The second-order valence-corrected chi connectivity index (χ2v) is 15.6. The minimum absolute atomic E-state index is 0.0164. The van der Waals surface area contributed by atoms with E-state index in [1.807, 2.05) is 0 Å². The summed E-state index contributed by atoms with van der Waals surface area (Å²) in [5, 5.41) is 12.0. The zero-order valence-corrected chi connectivity index (χ0v) is 29.6. The number of benzene rings is 1. The highest BCUT2D eigenvalue weighted by Crippen LogP contribution is 2.43. The number of unbranched alkanes of at least 4 members (excludes halogenated alkanes) is 1. The van der Waals surface area contributed by atoms with Crippen molar-refractivity contribution in [2.75, 3.05) is 36.5 Å². The Hall–Kier alpha value is -4.01. The van der Waals surface area contributed by atoms with Gasteiger partial charge in [-0.15, -0.1) is 10.2 Å². The van der Waals surface area contributed by atoms with Crippen LogP contribution in [-0.4, -0.2) is 73.1 Å². The minimum atomic E-state index is -3.49. The highest BCUT2D eigenvalue weighted by molar-refractivity contribution is 7.85. The molecule has 5 rings (SSSR count). The Morgan fingerprint density at radius 3 is 2.48 bits per heavy atom. The second kappa shape index (κ2) is 15.5. The average Bonchev–Trinajstić information content (AvgIpc) is 3.07. The Morgan fingerprint density at radius 1 is 1.12 bits per heavy atom. The summed E-state index contributed by atoms with van der Waals surface area (Å²) in [7, 11) is 0.656. The first-order chi connectivity index (χ1) is 23.7. The van der Waals surface area contributed by atoms with Gasteiger partial charge in [0.15, 0.2) is 5.82 Å². The first-order valence-electron chi connectivity index (χ1n) is 16.9. The summed E-state index contributed by atoms with van der Waals surface area (Å²) in [6.45, 7) is 5.29. The smallest absolute Gasteiger partial charge is 0.410 e. The number of hydrogen-bond acceptors (Lipinski definition) is 9. The molecule has 4 heterocycles. The highest BCUT2D eigenvalue weighted by atomic mass is 32.2. The van der Waals surface area contributed by atoms with Crippen LogP contribution in [-0.2, 0) is 39.8 Å². The molecule has 2 saturated heterocycles. The third-order valence-electron chi connectivity index (χ3n) is 9.22. The normalized spacial score (nSPS) is 19.0. The van der Waals surface area contributed by atoms with Gasteiger partial charge in [-0.25, -0.2) is 18.0 Å². The van der Waals surface area contributed by atoms with Crippen LogP contribution in [0.25, 0.3) is 10.9 Å². The third-order valence-corrected chi connectivity index (χ3v) is 10.6. The number of aldehydes is 1. The Morgan fingerprint density at radius 2 is 1.82 bits per heavy atom. The number of amides is 1. The summed E-state index contributed by atoms with van der Waals surface area (Å²) in [4.78, 5) is 38.2. The number of nitrogens with zero attached hydrogens (tertiary/aromatic N) is 4. The summed E-state index contributed by atoms with van der Waals surface area (Å²) in [5.74, 6) is -4.59. The number of ether oxygens (including phenoxy) is 2. The molecule has 1 N–H and O–H groups in total. The molecule has 11 nitrogen and oxygen atoms in total. The molecule has 1 amide bonds. The number of fused-ring (bicyclic) bond motifs is 1. The van der Waals surface area contributed by atoms with Crippen LogP contribution in [0.15, 0.2) is 29.1 Å². The molecule has 0 spiro atoms. The number of likely N-dealkylation sites (tertiary alicyclic amines) is 1. The highest BCUT2D eigenvalue weighted by Gasteiger charge is 2.45. The van der Waals surface area contributed by atoms with Gasteiger partial charge in [-0.3, -0.25) is 9.00 Å². The van der Waals surface area contributed by atoms with Crippen molar-refractivity contribution < 1.29 is 36.4 Å². The van der Waals surface area contributed by atoms with Gasteiger partial charge in [0.05, 0.1) is 12.2 Å². The molecule has 0 bridgehead atoms. The van der Waals surface area contributed by atoms with Gasteiger partial charge >= 0.3 is 6.09 Å². The number of carbonyl (C=O) groups excluding carboxylic acids is 2. The quantitative estimate of drug-likeness (QED) is 0.193. The van der Waals surface area contributed by atoms with Crippen LogP contribution in [0.1, 0.15) is 81.9 Å². The maximum atomic E-state index is 15.9. The number of alkyl halides is 2. The van der Waals surface area contributed by atoms with Gasteiger partial charge in [-0.2, -0.15) is 0 Å². The third kappa shape index (κ3) is 8.30. The molecule has 1 aromatic carbocycles. The fraction of sp³-hybridized carbons (Fsp3) is 0.571. The van der Waals surface area contributed by atoms with Gasteiger partial charge in [0.25, 0.3) is 17.4 Å². The van der Waals surface area contributed by atoms with Crippen LogP contribution in [0.4, 0.5) is 23.8 Å². The van der Waals surface area contributed by atoms with E-state index in [-0.39, 0.29) is 74.2 Å². The number of halogens is 3. The molecule has 0 saturated carbocycles. The molecule has 0 unspecified atom stereocenters. The summed E-state index contributed by atoms with van der Waals surface area (Å²) in [6.07, 6.45) is 2.06. The SMILES string of the molecule is Cn1c(=O)c(C2CCS(=O)CC2)cc2c(NCc3cccc(C(F)(F)C4CCN(C(=O)OC(C)(C)C)CC4)c3F)nnc(OCCCC=O)c21. The molecule has 272 valence electrons. The van der Waals surface area contributed by atoms with Crippen molar-refractivity contribution in [3.8, 4) is 5.88 Å². The Kier molecular flexibility index (Phi) is 11.5. The molecule has 50 heavy (non-hydrogen) atoms. The van der Waals surface area contributed by atoms with Crippen molar-refractivity contribution in [3.05, 3.63) is 57.1 Å². The molecule has 2 fully saturated rings. The number of anilines is 1. The monoisotopic (exact) mass is 719 g/mol. The molecule has 0 atom stereocenters. The van der Waals surface area contributed by atoms with Crippen LogP contribution in [0, 0.1) is 11.7 Å². The maximum Gasteiger partial charge on any atom is 0.410 e. The van der Waals surface area contributed by atoms with Crippen LogP contribution < -0.4 is 15.6 Å². The lowest BCUT2D eigenvalue weighted by Gasteiger charge is -2.36. The fourth-order valence-corrected chi connectivity index (χ4v) is 7.78. The maximum absolute atomic E-state index is 15.9. The minimum Gasteiger partial charge on any atom is -0.475 e. The molecular formula is C35H44F3N5O6S. The van der Waals surface area contributed by atoms with E-state index in [0.29, 0.717) is 47.2 Å². The Labute approximate surface area is 291 Å². The molecular weight excluding hydrogens is 675 g/mol. The Bertz CT molecular complexity index is 1800. The number of aromatic nitrogens is 3. The largest absolute Gasteiger partial charge is 0.475 e. The zero-order valence-electron chi connectivity index (χ0n) is 28.8. The number of pyridine rings is 1. The van der Waals surface area contributed by atoms with Gasteiger partial charge < -0.3 is 29.1 Å². The topological polar surface area (TPSA) is 133 Å². The summed E-state index contributed by atoms with van der Waals surface area (Å²) < 4.78 is 72.3. The van der Waals surface area contributed by atoms with Crippen molar-refractivity contribution in [2.24, 2.45) is 13.0 Å². The van der Waals surface area contributed by atoms with E-state index in [2.05, 4.69) is 15.5 Å². The van der Waals surface area contributed by atoms with Crippen molar-refractivity contribution in [2.45, 2.75) is 83.3 Å². The van der Waals surface area contributed by atoms with E-state index in [4.69, 9.17) is 9.47 Å². The number of piperidine rings is 1. The van der Waals surface area contributed by atoms with Crippen LogP contribution in [0.3, 0.4) is 0 Å². The van der Waals surface area contributed by atoms with E-state index in [1.165, 1.54) is 21.6 Å². The summed E-state index contributed by atoms with van der Waals surface area (Å²) in [6, 6.07) is 5.59. The lowest BCUT2D eigenvalue weighted by Crippen LogP contribution is -2.44. The molecule has 2 aliphatic heterocycles. The van der Waals surface area contributed by atoms with Crippen LogP contribution in [0.5, 0.6) is 5.88 Å². The van der Waals surface area contributed by atoms with Gasteiger partial charge in [-0.05, 0) is 64.9 Å². The molecule has 0 radical (unpaired) electrons. The van der Waals surface area contributed by atoms with Crippen molar-refractivity contribution >= 4 is 39.9 Å². The summed E-state index contributed by atoms with van der Waals surface area (Å²) >= 11 is 0. The summed E-state index contributed by atoms with van der Waals surface area (Å²) in [5.41, 5.74) is -0.855. The van der Waals surface area contributed by atoms with Gasteiger partial charge in [0.1, 0.15) is 23.2 Å². The Balaban J connectivity index is 1.40. The average molecular weight is 720 g/mol. The van der Waals surface area contributed by atoms with Gasteiger partial charge in [0, 0.05) is 77.8 Å². The zero-order chi connectivity index (χ0) is 36.2. The van der Waals surface area contributed by atoms with E-state index in [0.717, 1.165) is 12.4 Å². The van der Waals surface area contributed by atoms with Crippen molar-refractivity contribution in [1.29, 1.82) is 0 Å². The van der Waals surface area contributed by atoms with E-state index < -0.39 is 45.7 Å². The number of carbonyl (C=O) groups is 2. The van der Waals surface area contributed by atoms with Crippen molar-refractivity contribution in [1.82, 2.24) is 19.7 Å². The first-order valence-corrected chi connectivity index (χ1v) is 18.4. The second-order valence-electron chi connectivity index (χ2n) is 13.9. The van der Waals surface area contributed by atoms with Crippen molar-refractivity contribution in [3.63, 3.8) is 0 Å². The number of hydrogen-bond donors (Lipinski definition) is 1. The van der Waals surface area contributed by atoms with Gasteiger partial charge in [0.2, 0.25) is 0 Å².